The number of halogens is 1. The van der Waals surface area contributed by atoms with E-state index >= 15 is 0 Å². The molecule has 3 N–H and O–H groups in total. The smallest absolute Gasteiger partial charge is 0.255 e. The molecule has 28 heavy (non-hydrogen) atoms. The van der Waals surface area contributed by atoms with Crippen molar-refractivity contribution >= 4 is 22.3 Å². The maximum Gasteiger partial charge on any atom is 0.255 e. The van der Waals surface area contributed by atoms with Gasteiger partial charge < -0.3 is 15.6 Å². The maximum absolute atomic E-state index is 14.3. The Morgan fingerprint density at radius 1 is 1.04 bits per heavy atom. The third kappa shape index (κ3) is 2.91. The Morgan fingerprint density at radius 2 is 1.93 bits per heavy atom. The maximum atomic E-state index is 14.3. The summed E-state index contributed by atoms with van der Waals surface area (Å²) in [4.78, 5) is 23.0. The number of anilines is 2. The van der Waals surface area contributed by atoms with Crippen LogP contribution in [-0.4, -0.2) is 15.0 Å². The van der Waals surface area contributed by atoms with Gasteiger partial charge in [0.2, 0.25) is 0 Å². The fourth-order valence-electron chi connectivity index (χ4n) is 3.43. The van der Waals surface area contributed by atoms with Crippen LogP contribution in [0.2, 0.25) is 0 Å². The predicted octanol–water partition coefficient (Wildman–Crippen LogP) is 3.47. The first-order valence-electron chi connectivity index (χ1n) is 8.91. The highest BCUT2D eigenvalue weighted by atomic mass is 19.1. The van der Waals surface area contributed by atoms with Crippen molar-refractivity contribution in [3.8, 4) is 11.4 Å². The van der Waals surface area contributed by atoms with Crippen molar-refractivity contribution in [3.63, 3.8) is 0 Å². The van der Waals surface area contributed by atoms with Gasteiger partial charge in [-0.3, -0.25) is 4.79 Å². The molecule has 0 radical (unpaired) electrons. The van der Waals surface area contributed by atoms with E-state index in [1.165, 1.54) is 17.3 Å². The zero-order valence-electron chi connectivity index (χ0n) is 14.8. The molecule has 0 saturated heterocycles. The van der Waals surface area contributed by atoms with Gasteiger partial charge in [-0.05, 0) is 46.8 Å². The second-order valence-corrected chi connectivity index (χ2v) is 6.71. The standard InChI is InChI=1S/C21H16FN5O/c22-18-11-25-19(13-1-2-14-9-23-10-15(14)7-13)27-20(18)26-16-3-4-17-12(8-16)5-6-24-21(17)28/h1-8,11,23H,9-10H2,(H,24,28)(H,25,26,27). The van der Waals surface area contributed by atoms with Crippen LogP contribution in [0.3, 0.4) is 0 Å². The molecule has 2 aromatic heterocycles. The lowest BCUT2D eigenvalue weighted by Gasteiger charge is -2.10. The molecule has 0 aliphatic carbocycles. The fraction of sp³-hybridized carbons (Fsp3) is 0.0952. The van der Waals surface area contributed by atoms with Crippen LogP contribution in [0.1, 0.15) is 11.1 Å². The summed E-state index contributed by atoms with van der Waals surface area (Å²) >= 11 is 0. The Bertz CT molecular complexity index is 1270. The number of pyridine rings is 1. The lowest BCUT2D eigenvalue weighted by Crippen LogP contribution is -2.05. The largest absolute Gasteiger partial charge is 0.338 e. The molecule has 0 saturated carbocycles. The molecule has 0 unspecified atom stereocenters. The molecule has 0 bridgehead atoms. The molecule has 138 valence electrons. The highest BCUT2D eigenvalue weighted by Gasteiger charge is 2.14. The molecule has 0 amide bonds. The van der Waals surface area contributed by atoms with Crippen molar-refractivity contribution in [2.45, 2.75) is 13.1 Å². The van der Waals surface area contributed by atoms with Crippen LogP contribution < -0.4 is 16.2 Å². The van der Waals surface area contributed by atoms with E-state index in [0.717, 1.165) is 24.0 Å². The lowest BCUT2D eigenvalue weighted by molar-refractivity contribution is 0.619. The van der Waals surface area contributed by atoms with Crippen molar-refractivity contribution in [2.75, 3.05) is 5.32 Å². The van der Waals surface area contributed by atoms with E-state index in [0.29, 0.717) is 16.9 Å². The lowest BCUT2D eigenvalue weighted by atomic mass is 10.1. The highest BCUT2D eigenvalue weighted by molar-refractivity contribution is 5.85. The molecule has 0 fully saturated rings. The molecule has 3 heterocycles. The summed E-state index contributed by atoms with van der Waals surface area (Å²) in [6, 6.07) is 13.0. The van der Waals surface area contributed by atoms with E-state index in [4.69, 9.17) is 0 Å². The number of benzene rings is 2. The monoisotopic (exact) mass is 373 g/mol. The van der Waals surface area contributed by atoms with Gasteiger partial charge in [-0.2, -0.15) is 0 Å². The topological polar surface area (TPSA) is 82.7 Å². The molecule has 2 aromatic carbocycles. The summed E-state index contributed by atoms with van der Waals surface area (Å²) in [6.07, 6.45) is 2.75. The Balaban J connectivity index is 1.50. The number of hydrogen-bond donors (Lipinski definition) is 3. The molecule has 1 aliphatic rings. The average molecular weight is 373 g/mol. The summed E-state index contributed by atoms with van der Waals surface area (Å²) in [5, 5.41) is 7.63. The van der Waals surface area contributed by atoms with Crippen LogP contribution in [0, 0.1) is 5.82 Å². The first-order valence-corrected chi connectivity index (χ1v) is 8.91. The van der Waals surface area contributed by atoms with Gasteiger partial charge in [-0.15, -0.1) is 0 Å². The second kappa shape index (κ2) is 6.54. The van der Waals surface area contributed by atoms with Crippen LogP contribution in [0.25, 0.3) is 22.2 Å². The Hall–Kier alpha value is -3.58. The predicted molar refractivity (Wildman–Crippen MR) is 106 cm³/mol. The summed E-state index contributed by atoms with van der Waals surface area (Å²) < 4.78 is 14.3. The van der Waals surface area contributed by atoms with E-state index in [2.05, 4.69) is 25.6 Å². The highest BCUT2D eigenvalue weighted by Crippen LogP contribution is 2.26. The van der Waals surface area contributed by atoms with E-state index in [9.17, 15) is 9.18 Å². The van der Waals surface area contributed by atoms with Crippen LogP contribution in [-0.2, 0) is 13.1 Å². The molecule has 7 heteroatoms. The van der Waals surface area contributed by atoms with Crippen LogP contribution in [0.5, 0.6) is 0 Å². The number of aromatic amines is 1. The molecule has 1 aliphatic heterocycles. The number of H-pyrrole nitrogens is 1. The SMILES string of the molecule is O=c1[nH]ccc2cc(Nc3nc(-c4ccc5c(c4)CNC5)ncc3F)ccc12. The van der Waals surface area contributed by atoms with Crippen molar-refractivity contribution in [3.05, 3.63) is 82.2 Å². The average Bonchev–Trinajstić information content (AvgIpc) is 3.18. The molecule has 0 spiro atoms. The van der Waals surface area contributed by atoms with Gasteiger partial charge in [-0.1, -0.05) is 12.1 Å². The second-order valence-electron chi connectivity index (χ2n) is 6.71. The van der Waals surface area contributed by atoms with Crippen molar-refractivity contribution in [1.82, 2.24) is 20.3 Å². The molecule has 6 nitrogen and oxygen atoms in total. The van der Waals surface area contributed by atoms with Crippen molar-refractivity contribution in [1.29, 1.82) is 0 Å². The van der Waals surface area contributed by atoms with E-state index in [1.54, 1.807) is 30.5 Å². The normalized spacial score (nSPS) is 12.9. The molecular weight excluding hydrogens is 357 g/mol. The minimum absolute atomic E-state index is 0.0906. The van der Waals surface area contributed by atoms with Gasteiger partial charge in [0.15, 0.2) is 17.5 Å². The summed E-state index contributed by atoms with van der Waals surface area (Å²) in [6.45, 7) is 1.67. The van der Waals surface area contributed by atoms with E-state index in [1.807, 2.05) is 18.2 Å². The van der Waals surface area contributed by atoms with Gasteiger partial charge in [0.25, 0.3) is 5.56 Å². The third-order valence-corrected chi connectivity index (χ3v) is 4.88. The third-order valence-electron chi connectivity index (χ3n) is 4.88. The van der Waals surface area contributed by atoms with Crippen molar-refractivity contribution < 1.29 is 4.39 Å². The van der Waals surface area contributed by atoms with Gasteiger partial charge in [-0.25, -0.2) is 14.4 Å². The van der Waals surface area contributed by atoms with Gasteiger partial charge in [0.1, 0.15) is 0 Å². The van der Waals surface area contributed by atoms with Gasteiger partial charge >= 0.3 is 0 Å². The van der Waals surface area contributed by atoms with E-state index < -0.39 is 5.82 Å². The van der Waals surface area contributed by atoms with E-state index in [-0.39, 0.29) is 11.4 Å². The zero-order valence-corrected chi connectivity index (χ0v) is 14.8. The summed E-state index contributed by atoms with van der Waals surface area (Å²) in [5.41, 5.74) is 3.79. The summed E-state index contributed by atoms with van der Waals surface area (Å²) in [5.74, 6) is 0.00114. The fourth-order valence-corrected chi connectivity index (χ4v) is 3.43. The Labute approximate surface area is 159 Å². The first-order chi connectivity index (χ1) is 13.7. The van der Waals surface area contributed by atoms with Crippen LogP contribution >= 0.6 is 0 Å². The Kier molecular flexibility index (Phi) is 3.87. The zero-order chi connectivity index (χ0) is 19.1. The number of nitrogens with one attached hydrogen (secondary N) is 3. The minimum Gasteiger partial charge on any atom is -0.338 e. The van der Waals surface area contributed by atoms with Crippen LogP contribution in [0.4, 0.5) is 15.9 Å². The quantitative estimate of drug-likeness (QED) is 0.512. The minimum atomic E-state index is -0.544. The van der Waals surface area contributed by atoms with Gasteiger partial charge in [0, 0.05) is 35.9 Å². The number of rotatable bonds is 3. The van der Waals surface area contributed by atoms with Gasteiger partial charge in [0.05, 0.1) is 6.20 Å². The molecular formula is C21H16FN5O. The number of fused-ring (bicyclic) bond motifs is 2. The van der Waals surface area contributed by atoms with Crippen molar-refractivity contribution in [2.24, 2.45) is 0 Å². The number of aromatic nitrogens is 3. The molecule has 5 rings (SSSR count). The first kappa shape index (κ1) is 16.6. The van der Waals surface area contributed by atoms with Crippen LogP contribution in [0.15, 0.2) is 59.7 Å². The number of hydrogen-bond acceptors (Lipinski definition) is 5. The molecule has 0 atom stereocenters. The molecule has 4 aromatic rings. The Morgan fingerprint density at radius 3 is 2.86 bits per heavy atom. The summed E-state index contributed by atoms with van der Waals surface area (Å²) in [7, 11) is 0. The number of nitrogens with zero attached hydrogens (tertiary/aromatic N) is 2.